The lowest BCUT2D eigenvalue weighted by Gasteiger charge is -2.14. The second kappa shape index (κ2) is 5.31. The molecule has 0 saturated carbocycles. The molecule has 0 radical (unpaired) electrons. The average molecular weight is 189 g/mol. The van der Waals surface area contributed by atoms with Crippen LogP contribution in [0.4, 0.5) is 0 Å². The van der Waals surface area contributed by atoms with Gasteiger partial charge >= 0.3 is 0 Å². The summed E-state index contributed by atoms with van der Waals surface area (Å²) in [7, 11) is 0. The quantitative estimate of drug-likeness (QED) is 0.736. The third-order valence-corrected chi connectivity index (χ3v) is 1.96. The van der Waals surface area contributed by atoms with Crippen LogP contribution in [0.15, 0.2) is 24.3 Å². The van der Waals surface area contributed by atoms with Crippen LogP contribution < -0.4 is 10.5 Å². The summed E-state index contributed by atoms with van der Waals surface area (Å²) in [6, 6.07) is 7.59. The molecule has 2 heteroatoms. The third-order valence-electron chi connectivity index (χ3n) is 1.96. The van der Waals surface area contributed by atoms with Gasteiger partial charge in [0.25, 0.3) is 0 Å². The van der Waals surface area contributed by atoms with Crippen LogP contribution in [0.5, 0.6) is 5.75 Å². The van der Waals surface area contributed by atoms with E-state index in [1.54, 1.807) is 0 Å². The van der Waals surface area contributed by atoms with Crippen LogP contribution in [0, 0.1) is 12.3 Å². The Bertz CT molecular complexity index is 327. The predicted molar refractivity (Wildman–Crippen MR) is 58.0 cm³/mol. The van der Waals surface area contributed by atoms with Crippen LogP contribution in [0.3, 0.4) is 0 Å². The first-order valence-electron chi connectivity index (χ1n) is 4.70. The Morgan fingerprint density at radius 3 is 2.86 bits per heavy atom. The molecule has 0 bridgehead atoms. The van der Waals surface area contributed by atoms with Gasteiger partial charge in [0, 0.05) is 18.0 Å². The van der Waals surface area contributed by atoms with E-state index in [9.17, 15) is 0 Å². The molecule has 0 aliphatic carbocycles. The van der Waals surface area contributed by atoms with Gasteiger partial charge < -0.3 is 10.5 Å². The standard InChI is InChI=1S/C12H15NO/c1-3-7-11(13)10-8-5-6-9-12(10)14-4-2/h1,5-6,8-9,11H,4,7,13H2,2H3. The molecule has 74 valence electrons. The van der Waals surface area contributed by atoms with E-state index in [1.165, 1.54) is 0 Å². The minimum Gasteiger partial charge on any atom is -0.494 e. The first kappa shape index (κ1) is 10.6. The fourth-order valence-corrected chi connectivity index (χ4v) is 1.31. The van der Waals surface area contributed by atoms with Crippen molar-refractivity contribution in [3.63, 3.8) is 0 Å². The Balaban J connectivity index is 2.89. The van der Waals surface area contributed by atoms with Crippen molar-refractivity contribution in [1.29, 1.82) is 0 Å². The van der Waals surface area contributed by atoms with Crippen LogP contribution in [0.2, 0.25) is 0 Å². The van der Waals surface area contributed by atoms with E-state index >= 15 is 0 Å². The van der Waals surface area contributed by atoms with E-state index in [0.717, 1.165) is 11.3 Å². The van der Waals surface area contributed by atoms with Gasteiger partial charge in [0.1, 0.15) is 5.75 Å². The summed E-state index contributed by atoms with van der Waals surface area (Å²) >= 11 is 0. The van der Waals surface area contributed by atoms with E-state index < -0.39 is 0 Å². The molecule has 1 aromatic carbocycles. The number of para-hydroxylation sites is 1. The van der Waals surface area contributed by atoms with Crippen molar-refractivity contribution in [1.82, 2.24) is 0 Å². The Kier molecular flexibility index (Phi) is 4.03. The molecule has 1 rings (SSSR count). The molecule has 1 atom stereocenters. The fourth-order valence-electron chi connectivity index (χ4n) is 1.31. The first-order chi connectivity index (χ1) is 6.79. The molecule has 14 heavy (non-hydrogen) atoms. The van der Waals surface area contributed by atoms with Gasteiger partial charge in [0.15, 0.2) is 0 Å². The molecule has 0 aliphatic rings. The van der Waals surface area contributed by atoms with Crippen molar-refractivity contribution in [2.75, 3.05) is 6.61 Å². The minimum atomic E-state index is -0.136. The zero-order chi connectivity index (χ0) is 10.4. The lowest BCUT2D eigenvalue weighted by Crippen LogP contribution is -2.11. The Labute approximate surface area is 85.1 Å². The van der Waals surface area contributed by atoms with E-state index in [2.05, 4.69) is 5.92 Å². The van der Waals surface area contributed by atoms with Gasteiger partial charge in [-0.2, -0.15) is 0 Å². The molecule has 1 aromatic rings. The number of ether oxygens (including phenoxy) is 1. The summed E-state index contributed by atoms with van der Waals surface area (Å²) in [5, 5.41) is 0. The van der Waals surface area contributed by atoms with Crippen LogP contribution in [0.25, 0.3) is 0 Å². The Hall–Kier alpha value is -1.46. The van der Waals surface area contributed by atoms with Gasteiger partial charge in [-0.05, 0) is 13.0 Å². The highest BCUT2D eigenvalue weighted by atomic mass is 16.5. The van der Waals surface area contributed by atoms with Crippen molar-refractivity contribution >= 4 is 0 Å². The molecule has 0 amide bonds. The molecule has 1 unspecified atom stereocenters. The predicted octanol–water partition coefficient (Wildman–Crippen LogP) is 2.11. The fraction of sp³-hybridized carbons (Fsp3) is 0.333. The van der Waals surface area contributed by atoms with Crippen molar-refractivity contribution in [3.8, 4) is 18.1 Å². The van der Waals surface area contributed by atoms with E-state index in [-0.39, 0.29) is 6.04 Å². The summed E-state index contributed by atoms with van der Waals surface area (Å²) < 4.78 is 5.46. The smallest absolute Gasteiger partial charge is 0.124 e. The number of nitrogens with two attached hydrogens (primary N) is 1. The molecule has 2 nitrogen and oxygen atoms in total. The highest BCUT2D eigenvalue weighted by Gasteiger charge is 2.09. The summed E-state index contributed by atoms with van der Waals surface area (Å²) in [4.78, 5) is 0. The van der Waals surface area contributed by atoms with Crippen molar-refractivity contribution in [2.45, 2.75) is 19.4 Å². The second-order valence-electron chi connectivity index (χ2n) is 2.99. The molecule has 0 fully saturated rings. The Morgan fingerprint density at radius 1 is 1.50 bits per heavy atom. The summed E-state index contributed by atoms with van der Waals surface area (Å²) in [6.45, 7) is 2.59. The first-order valence-corrected chi connectivity index (χ1v) is 4.70. The summed E-state index contributed by atoms with van der Waals surface area (Å²) in [6.07, 6.45) is 5.75. The van der Waals surface area contributed by atoms with Crippen LogP contribution >= 0.6 is 0 Å². The summed E-state index contributed by atoms with van der Waals surface area (Å²) in [5.74, 6) is 3.39. The highest BCUT2D eigenvalue weighted by Crippen LogP contribution is 2.24. The largest absolute Gasteiger partial charge is 0.494 e. The number of hydrogen-bond acceptors (Lipinski definition) is 2. The van der Waals surface area contributed by atoms with Crippen LogP contribution in [-0.4, -0.2) is 6.61 Å². The molecule has 0 aliphatic heterocycles. The topological polar surface area (TPSA) is 35.2 Å². The number of hydrogen-bond donors (Lipinski definition) is 1. The normalized spacial score (nSPS) is 11.8. The van der Waals surface area contributed by atoms with Gasteiger partial charge in [-0.1, -0.05) is 18.2 Å². The van der Waals surface area contributed by atoms with Crippen molar-refractivity contribution in [2.24, 2.45) is 5.73 Å². The monoisotopic (exact) mass is 189 g/mol. The van der Waals surface area contributed by atoms with Gasteiger partial charge in [-0.25, -0.2) is 0 Å². The maximum absolute atomic E-state index is 5.91. The second-order valence-corrected chi connectivity index (χ2v) is 2.99. The SMILES string of the molecule is C#CCC(N)c1ccccc1OCC. The van der Waals surface area contributed by atoms with Crippen LogP contribution in [-0.2, 0) is 0 Å². The van der Waals surface area contributed by atoms with Crippen LogP contribution in [0.1, 0.15) is 24.9 Å². The molecule has 0 heterocycles. The molecular weight excluding hydrogens is 174 g/mol. The highest BCUT2D eigenvalue weighted by molar-refractivity contribution is 5.36. The molecule has 0 spiro atoms. The van der Waals surface area contributed by atoms with Gasteiger partial charge in [-0.3, -0.25) is 0 Å². The molecular formula is C12H15NO. The number of rotatable bonds is 4. The summed E-state index contributed by atoms with van der Waals surface area (Å²) in [5.41, 5.74) is 6.89. The van der Waals surface area contributed by atoms with Gasteiger partial charge in [0.05, 0.1) is 6.61 Å². The van der Waals surface area contributed by atoms with E-state index in [4.69, 9.17) is 16.9 Å². The zero-order valence-electron chi connectivity index (χ0n) is 8.36. The van der Waals surface area contributed by atoms with Gasteiger partial charge in [0.2, 0.25) is 0 Å². The van der Waals surface area contributed by atoms with E-state index in [0.29, 0.717) is 13.0 Å². The zero-order valence-corrected chi connectivity index (χ0v) is 8.36. The average Bonchev–Trinajstić information content (AvgIpc) is 2.19. The lowest BCUT2D eigenvalue weighted by molar-refractivity contribution is 0.334. The number of terminal acetylenes is 1. The number of benzene rings is 1. The van der Waals surface area contributed by atoms with Crippen molar-refractivity contribution < 1.29 is 4.74 Å². The van der Waals surface area contributed by atoms with E-state index in [1.807, 2.05) is 31.2 Å². The third kappa shape index (κ3) is 2.51. The lowest BCUT2D eigenvalue weighted by atomic mass is 10.0. The van der Waals surface area contributed by atoms with Gasteiger partial charge in [-0.15, -0.1) is 12.3 Å². The molecule has 0 saturated heterocycles. The Morgan fingerprint density at radius 2 is 2.21 bits per heavy atom. The molecule has 2 N–H and O–H groups in total. The minimum absolute atomic E-state index is 0.136. The maximum atomic E-state index is 5.91. The maximum Gasteiger partial charge on any atom is 0.124 e. The van der Waals surface area contributed by atoms with Crippen molar-refractivity contribution in [3.05, 3.63) is 29.8 Å². The molecule has 0 aromatic heterocycles.